The van der Waals surface area contributed by atoms with E-state index in [1.165, 1.54) is 17.2 Å². The molecule has 198 valence electrons. The van der Waals surface area contributed by atoms with Crippen LogP contribution in [0.25, 0.3) is 0 Å². The smallest absolute Gasteiger partial charge is 0.340 e. The van der Waals surface area contributed by atoms with Crippen LogP contribution in [0.2, 0.25) is 0 Å². The molecule has 0 aliphatic carbocycles. The molecule has 1 aliphatic rings. The van der Waals surface area contributed by atoms with Crippen LogP contribution in [0.15, 0.2) is 51.1 Å². The van der Waals surface area contributed by atoms with Gasteiger partial charge in [-0.1, -0.05) is 0 Å². The molecule has 0 spiro atoms. The van der Waals surface area contributed by atoms with Gasteiger partial charge in [-0.3, -0.25) is 10.2 Å². The highest BCUT2D eigenvalue weighted by molar-refractivity contribution is 7.92. The molecule has 2 aromatic rings. The van der Waals surface area contributed by atoms with Crippen molar-refractivity contribution in [2.45, 2.75) is 28.0 Å². The van der Waals surface area contributed by atoms with E-state index >= 15 is 0 Å². The summed E-state index contributed by atoms with van der Waals surface area (Å²) in [5, 5.41) is 8.67. The Morgan fingerprint density at radius 3 is 2.25 bits per heavy atom. The first kappa shape index (κ1) is 27.7. The fourth-order valence-electron chi connectivity index (χ4n) is 3.41. The molecule has 1 unspecified atom stereocenters. The van der Waals surface area contributed by atoms with E-state index < -0.39 is 39.6 Å². The van der Waals surface area contributed by atoms with Crippen molar-refractivity contribution in [2.75, 3.05) is 32.3 Å². The van der Waals surface area contributed by atoms with Crippen LogP contribution >= 0.6 is 0 Å². The molecule has 1 heterocycles. The molecular formula is C21H27N3O9S3. The number of hydroxylamine groups is 2. The molecular weight excluding hydrogens is 534 g/mol. The van der Waals surface area contributed by atoms with Crippen LogP contribution < -0.4 is 14.7 Å². The molecule has 0 saturated carbocycles. The van der Waals surface area contributed by atoms with Gasteiger partial charge in [-0.05, 0) is 49.2 Å². The lowest BCUT2D eigenvalue weighted by Crippen LogP contribution is -2.43. The number of hydrogen-bond donors (Lipinski definition) is 2. The zero-order valence-electron chi connectivity index (χ0n) is 19.8. The lowest BCUT2D eigenvalue weighted by Gasteiger charge is -2.31. The Morgan fingerprint density at radius 1 is 1.03 bits per heavy atom. The standard InChI is InChI=1S/C21H27N3O9S3/c1-14-8-16(31-12-15-6-7-24(21(22)23)32-13-15)10-17(9-14)33-36(29,30)19-5-4-18(34(2,25)26)11-20(19)35(3,27)28/h4-5,8-11,15H,6-7,12-13H2,1-3H3,(H3,22,23). The molecule has 1 fully saturated rings. The molecule has 3 N–H and O–H groups in total. The van der Waals surface area contributed by atoms with Crippen molar-refractivity contribution in [3.63, 3.8) is 0 Å². The third-order valence-electron chi connectivity index (χ3n) is 5.20. The van der Waals surface area contributed by atoms with Gasteiger partial charge in [-0.2, -0.15) is 8.42 Å². The molecule has 1 aliphatic heterocycles. The summed E-state index contributed by atoms with van der Waals surface area (Å²) in [6.07, 6.45) is 2.32. The van der Waals surface area contributed by atoms with E-state index in [0.29, 0.717) is 30.9 Å². The van der Waals surface area contributed by atoms with Crippen molar-refractivity contribution < 1.29 is 39.0 Å². The minimum absolute atomic E-state index is 0.0138. The average molecular weight is 562 g/mol. The Hall–Kier alpha value is -2.88. The fourth-order valence-corrected chi connectivity index (χ4v) is 6.65. The average Bonchev–Trinajstić information content (AvgIpc) is 2.75. The van der Waals surface area contributed by atoms with Gasteiger partial charge in [0.1, 0.15) is 16.4 Å². The molecule has 0 aromatic heterocycles. The molecule has 12 nitrogen and oxygen atoms in total. The summed E-state index contributed by atoms with van der Waals surface area (Å²) in [5.41, 5.74) is 6.01. The number of benzene rings is 2. The molecule has 0 amide bonds. The summed E-state index contributed by atoms with van der Waals surface area (Å²) in [4.78, 5) is 3.67. The summed E-state index contributed by atoms with van der Waals surface area (Å²) in [5.74, 6) is 0.0465. The number of nitrogens with one attached hydrogen (secondary N) is 1. The molecule has 1 saturated heterocycles. The molecule has 36 heavy (non-hydrogen) atoms. The quantitative estimate of drug-likeness (QED) is 0.267. The Labute approximate surface area is 210 Å². The van der Waals surface area contributed by atoms with E-state index in [1.807, 2.05) is 0 Å². The highest BCUT2D eigenvalue weighted by Crippen LogP contribution is 2.30. The Bertz CT molecular complexity index is 1480. The van der Waals surface area contributed by atoms with Crippen LogP contribution in [0.4, 0.5) is 0 Å². The van der Waals surface area contributed by atoms with E-state index in [0.717, 1.165) is 30.7 Å². The Morgan fingerprint density at radius 2 is 1.69 bits per heavy atom. The van der Waals surface area contributed by atoms with Crippen molar-refractivity contribution in [1.82, 2.24) is 5.06 Å². The first-order chi connectivity index (χ1) is 16.6. The Balaban J connectivity index is 1.82. The summed E-state index contributed by atoms with van der Waals surface area (Å²) in [6, 6.07) is 7.15. The topological polar surface area (TPSA) is 183 Å². The number of hydrogen-bond acceptors (Lipinski definition) is 10. The van der Waals surface area contributed by atoms with Gasteiger partial charge < -0.3 is 14.7 Å². The fraction of sp³-hybridized carbons (Fsp3) is 0.381. The van der Waals surface area contributed by atoms with Crippen LogP contribution in [-0.4, -0.2) is 68.5 Å². The monoisotopic (exact) mass is 561 g/mol. The predicted molar refractivity (Wildman–Crippen MR) is 130 cm³/mol. The predicted octanol–water partition coefficient (Wildman–Crippen LogP) is 1.10. The van der Waals surface area contributed by atoms with Crippen LogP contribution in [0.3, 0.4) is 0 Å². The van der Waals surface area contributed by atoms with E-state index in [-0.39, 0.29) is 29.1 Å². The van der Waals surface area contributed by atoms with Gasteiger partial charge in [0.05, 0.1) is 23.0 Å². The van der Waals surface area contributed by atoms with Crippen LogP contribution in [0.1, 0.15) is 12.0 Å². The number of sulfone groups is 2. The summed E-state index contributed by atoms with van der Waals surface area (Å²) < 4.78 is 85.3. The van der Waals surface area contributed by atoms with Gasteiger partial charge in [-0.15, -0.1) is 0 Å². The van der Waals surface area contributed by atoms with Crippen LogP contribution in [0.5, 0.6) is 11.5 Å². The first-order valence-electron chi connectivity index (χ1n) is 10.5. The SMILES string of the molecule is Cc1cc(OCC2CCN(C(=N)N)OC2)cc(OS(=O)(=O)c2ccc(S(C)(=O)=O)cc2S(C)(=O)=O)c1. The van der Waals surface area contributed by atoms with Crippen molar-refractivity contribution >= 4 is 35.8 Å². The summed E-state index contributed by atoms with van der Waals surface area (Å²) in [6.45, 7) is 2.68. The summed E-state index contributed by atoms with van der Waals surface area (Å²) in [7, 11) is -12.6. The Kier molecular flexibility index (Phi) is 7.88. The van der Waals surface area contributed by atoms with Gasteiger partial charge in [-0.25, -0.2) is 21.9 Å². The molecule has 15 heteroatoms. The normalized spacial score (nSPS) is 17.0. The van der Waals surface area contributed by atoms with Crippen LogP contribution in [0, 0.1) is 18.3 Å². The van der Waals surface area contributed by atoms with Crippen molar-refractivity contribution in [1.29, 1.82) is 5.41 Å². The lowest BCUT2D eigenvalue weighted by molar-refractivity contribution is -0.149. The largest absolute Gasteiger partial charge is 0.493 e. The zero-order valence-corrected chi connectivity index (χ0v) is 22.2. The van der Waals surface area contributed by atoms with E-state index in [9.17, 15) is 25.3 Å². The third kappa shape index (κ3) is 6.87. The summed E-state index contributed by atoms with van der Waals surface area (Å²) >= 11 is 0. The number of aryl methyl sites for hydroxylation is 1. The maximum Gasteiger partial charge on any atom is 0.340 e. The number of guanidine groups is 1. The van der Waals surface area contributed by atoms with Crippen molar-refractivity contribution in [3.8, 4) is 11.5 Å². The van der Waals surface area contributed by atoms with Gasteiger partial charge in [0, 0.05) is 31.0 Å². The van der Waals surface area contributed by atoms with E-state index in [4.69, 9.17) is 24.9 Å². The minimum Gasteiger partial charge on any atom is -0.493 e. The second-order valence-electron chi connectivity index (χ2n) is 8.42. The first-order valence-corrected chi connectivity index (χ1v) is 15.7. The number of nitrogens with two attached hydrogens (primary N) is 1. The number of nitrogens with zero attached hydrogens (tertiary/aromatic N) is 1. The number of ether oxygens (including phenoxy) is 1. The minimum atomic E-state index is -4.66. The third-order valence-corrected chi connectivity index (χ3v) is 8.89. The second-order valence-corrected chi connectivity index (χ2v) is 13.9. The molecule has 0 bridgehead atoms. The second kappa shape index (κ2) is 10.2. The van der Waals surface area contributed by atoms with Crippen molar-refractivity contribution in [3.05, 3.63) is 42.0 Å². The molecule has 2 aromatic carbocycles. The zero-order chi connectivity index (χ0) is 26.9. The number of rotatable bonds is 8. The highest BCUT2D eigenvalue weighted by Gasteiger charge is 2.28. The highest BCUT2D eigenvalue weighted by atomic mass is 32.2. The molecule has 1 atom stereocenters. The van der Waals surface area contributed by atoms with Gasteiger partial charge in [0.15, 0.2) is 19.7 Å². The van der Waals surface area contributed by atoms with E-state index in [2.05, 4.69) is 0 Å². The van der Waals surface area contributed by atoms with Gasteiger partial charge >= 0.3 is 10.1 Å². The van der Waals surface area contributed by atoms with Crippen LogP contribution in [-0.2, 0) is 34.6 Å². The van der Waals surface area contributed by atoms with E-state index in [1.54, 1.807) is 13.0 Å². The maximum atomic E-state index is 13.0. The molecule has 3 rings (SSSR count). The molecule has 0 radical (unpaired) electrons. The van der Waals surface area contributed by atoms with Gasteiger partial charge in [0.2, 0.25) is 5.96 Å². The van der Waals surface area contributed by atoms with Gasteiger partial charge in [0.25, 0.3) is 0 Å². The maximum absolute atomic E-state index is 13.0. The lowest BCUT2D eigenvalue weighted by atomic mass is 10.1. The van der Waals surface area contributed by atoms with Crippen molar-refractivity contribution in [2.24, 2.45) is 11.7 Å².